The Balaban J connectivity index is 1.44. The van der Waals surface area contributed by atoms with Gasteiger partial charge in [-0.25, -0.2) is 4.68 Å². The number of amides is 1. The Labute approximate surface area is 145 Å². The normalized spacial score (nSPS) is 12.9. The summed E-state index contributed by atoms with van der Waals surface area (Å²) < 4.78 is 1.62. The van der Waals surface area contributed by atoms with Gasteiger partial charge in [-0.3, -0.25) is 4.79 Å². The van der Waals surface area contributed by atoms with Crippen LogP contribution in [0.15, 0.2) is 48.8 Å². The summed E-state index contributed by atoms with van der Waals surface area (Å²) in [6.07, 6.45) is 2.48. The summed E-state index contributed by atoms with van der Waals surface area (Å²) in [5.74, 6) is 0.0761. The van der Waals surface area contributed by atoms with Gasteiger partial charge in [-0.2, -0.15) is 0 Å². The summed E-state index contributed by atoms with van der Waals surface area (Å²) in [7, 11) is 0. The first-order valence-corrected chi connectivity index (χ1v) is 8.18. The number of aryl methyl sites for hydroxylation is 1. The van der Waals surface area contributed by atoms with Gasteiger partial charge in [0.15, 0.2) is 0 Å². The molecule has 25 heavy (non-hydrogen) atoms. The van der Waals surface area contributed by atoms with E-state index in [1.54, 1.807) is 11.0 Å². The van der Waals surface area contributed by atoms with Crippen LogP contribution in [0.4, 0.5) is 11.4 Å². The summed E-state index contributed by atoms with van der Waals surface area (Å²) >= 11 is 0. The molecule has 2 aromatic carbocycles. The van der Waals surface area contributed by atoms with Crippen molar-refractivity contribution in [3.63, 3.8) is 0 Å². The van der Waals surface area contributed by atoms with Gasteiger partial charge in [-0.1, -0.05) is 18.2 Å². The number of hydrogen-bond donors (Lipinski definition) is 1. The maximum Gasteiger partial charge on any atom is 0.246 e. The largest absolute Gasteiger partial charge is 0.376 e. The van der Waals surface area contributed by atoms with Gasteiger partial charge in [-0.05, 0) is 59.2 Å². The number of aromatic nitrogens is 4. The molecule has 126 valence electrons. The SMILES string of the molecule is Cc1cc(NCC(=O)N2CCc3ccccc32)ccc1-n1cnnn1. The van der Waals surface area contributed by atoms with Crippen LogP contribution in [0.1, 0.15) is 11.1 Å². The zero-order chi connectivity index (χ0) is 17.2. The van der Waals surface area contributed by atoms with E-state index in [2.05, 4.69) is 26.9 Å². The molecule has 7 heteroatoms. The van der Waals surface area contributed by atoms with Gasteiger partial charge < -0.3 is 10.2 Å². The number of hydrogen-bond acceptors (Lipinski definition) is 5. The maximum absolute atomic E-state index is 12.6. The number of carbonyl (C=O) groups excluding carboxylic acids is 1. The lowest BCUT2D eigenvalue weighted by molar-refractivity contribution is -0.116. The van der Waals surface area contributed by atoms with E-state index in [0.717, 1.165) is 35.6 Å². The Hall–Kier alpha value is -3.22. The molecule has 0 aliphatic carbocycles. The van der Waals surface area contributed by atoms with Crippen LogP contribution in [0.5, 0.6) is 0 Å². The van der Waals surface area contributed by atoms with Gasteiger partial charge in [0.05, 0.1) is 12.2 Å². The minimum Gasteiger partial charge on any atom is -0.376 e. The van der Waals surface area contributed by atoms with Crippen LogP contribution >= 0.6 is 0 Å². The van der Waals surface area contributed by atoms with Gasteiger partial charge in [-0.15, -0.1) is 5.10 Å². The summed E-state index contributed by atoms with van der Waals surface area (Å²) in [6, 6.07) is 13.9. The van der Waals surface area contributed by atoms with Gasteiger partial charge in [0.25, 0.3) is 0 Å². The van der Waals surface area contributed by atoms with Gasteiger partial charge in [0.2, 0.25) is 5.91 Å². The van der Waals surface area contributed by atoms with Crippen molar-refractivity contribution in [2.75, 3.05) is 23.3 Å². The molecular weight excluding hydrogens is 316 g/mol. The van der Waals surface area contributed by atoms with Crippen molar-refractivity contribution >= 4 is 17.3 Å². The molecule has 2 heterocycles. The van der Waals surface area contributed by atoms with Crippen molar-refractivity contribution in [3.05, 3.63) is 59.9 Å². The van der Waals surface area contributed by atoms with E-state index in [1.807, 2.05) is 48.2 Å². The summed E-state index contributed by atoms with van der Waals surface area (Å²) in [5.41, 5.74) is 5.10. The second kappa shape index (κ2) is 6.35. The number of benzene rings is 2. The molecule has 1 amide bonds. The molecule has 3 aromatic rings. The molecule has 0 spiro atoms. The van der Waals surface area contributed by atoms with E-state index < -0.39 is 0 Å². The fraction of sp³-hybridized carbons (Fsp3) is 0.222. The number of nitrogens with zero attached hydrogens (tertiary/aromatic N) is 5. The number of nitrogens with one attached hydrogen (secondary N) is 1. The fourth-order valence-electron chi connectivity index (χ4n) is 3.16. The Morgan fingerprint density at radius 2 is 2.08 bits per heavy atom. The van der Waals surface area contributed by atoms with Crippen molar-refractivity contribution in [1.29, 1.82) is 0 Å². The summed E-state index contributed by atoms with van der Waals surface area (Å²) in [6.45, 7) is 3.00. The third kappa shape index (κ3) is 2.96. The second-order valence-electron chi connectivity index (χ2n) is 6.03. The zero-order valence-electron chi connectivity index (χ0n) is 13.9. The molecule has 0 radical (unpaired) electrons. The highest BCUT2D eigenvalue weighted by Gasteiger charge is 2.23. The molecule has 0 saturated carbocycles. The van der Waals surface area contributed by atoms with Crippen LogP contribution < -0.4 is 10.2 Å². The van der Waals surface area contributed by atoms with Gasteiger partial charge in [0.1, 0.15) is 6.33 Å². The van der Waals surface area contributed by atoms with E-state index in [0.29, 0.717) is 0 Å². The second-order valence-corrected chi connectivity index (χ2v) is 6.03. The molecule has 0 atom stereocenters. The molecule has 0 bridgehead atoms. The lowest BCUT2D eigenvalue weighted by Gasteiger charge is -2.18. The molecule has 1 N–H and O–H groups in total. The average Bonchev–Trinajstić information content (AvgIpc) is 3.29. The Morgan fingerprint density at radius 3 is 2.88 bits per heavy atom. The van der Waals surface area contributed by atoms with Crippen LogP contribution in [0.25, 0.3) is 5.69 Å². The van der Waals surface area contributed by atoms with Crippen molar-refractivity contribution in [2.24, 2.45) is 0 Å². The summed E-state index contributed by atoms with van der Waals surface area (Å²) in [4.78, 5) is 14.4. The molecular formula is C18H18N6O. The lowest BCUT2D eigenvalue weighted by Crippen LogP contribution is -2.34. The third-order valence-corrected chi connectivity index (χ3v) is 4.42. The number of carbonyl (C=O) groups is 1. The molecule has 1 aliphatic heterocycles. The highest BCUT2D eigenvalue weighted by Crippen LogP contribution is 2.27. The number of rotatable bonds is 4. The highest BCUT2D eigenvalue weighted by atomic mass is 16.2. The van der Waals surface area contributed by atoms with Crippen LogP contribution in [-0.2, 0) is 11.2 Å². The van der Waals surface area contributed by atoms with Crippen molar-refractivity contribution in [2.45, 2.75) is 13.3 Å². The van der Waals surface area contributed by atoms with E-state index >= 15 is 0 Å². The molecule has 7 nitrogen and oxygen atoms in total. The number of para-hydroxylation sites is 1. The van der Waals surface area contributed by atoms with E-state index in [4.69, 9.17) is 0 Å². The van der Waals surface area contributed by atoms with Crippen LogP contribution in [-0.4, -0.2) is 39.2 Å². The first-order valence-electron chi connectivity index (χ1n) is 8.18. The monoisotopic (exact) mass is 334 g/mol. The minimum atomic E-state index is 0.0761. The van der Waals surface area contributed by atoms with E-state index in [1.165, 1.54) is 5.56 Å². The van der Waals surface area contributed by atoms with E-state index in [-0.39, 0.29) is 12.5 Å². The Morgan fingerprint density at radius 1 is 1.20 bits per heavy atom. The van der Waals surface area contributed by atoms with Crippen LogP contribution in [0, 0.1) is 6.92 Å². The van der Waals surface area contributed by atoms with E-state index in [9.17, 15) is 4.79 Å². The zero-order valence-corrected chi connectivity index (χ0v) is 13.9. The number of tetrazole rings is 1. The maximum atomic E-state index is 12.6. The number of fused-ring (bicyclic) bond motifs is 1. The Bertz CT molecular complexity index is 906. The molecule has 1 aliphatic rings. The molecule has 0 saturated heterocycles. The van der Waals surface area contributed by atoms with Crippen molar-refractivity contribution < 1.29 is 4.79 Å². The predicted molar refractivity (Wildman–Crippen MR) is 94.9 cm³/mol. The lowest BCUT2D eigenvalue weighted by atomic mass is 10.1. The molecule has 4 rings (SSSR count). The Kier molecular flexibility index (Phi) is 3.89. The average molecular weight is 334 g/mol. The third-order valence-electron chi connectivity index (χ3n) is 4.42. The number of anilines is 2. The van der Waals surface area contributed by atoms with Crippen molar-refractivity contribution in [3.8, 4) is 5.69 Å². The van der Waals surface area contributed by atoms with Crippen LogP contribution in [0.3, 0.4) is 0 Å². The van der Waals surface area contributed by atoms with Gasteiger partial charge >= 0.3 is 0 Å². The minimum absolute atomic E-state index is 0.0761. The molecule has 0 unspecified atom stereocenters. The predicted octanol–water partition coefficient (Wildman–Crippen LogP) is 1.97. The highest BCUT2D eigenvalue weighted by molar-refractivity contribution is 5.98. The molecule has 1 aromatic heterocycles. The fourth-order valence-corrected chi connectivity index (χ4v) is 3.16. The molecule has 0 fully saturated rings. The first kappa shape index (κ1) is 15.3. The first-order chi connectivity index (χ1) is 12.2. The van der Waals surface area contributed by atoms with Crippen LogP contribution in [0.2, 0.25) is 0 Å². The smallest absolute Gasteiger partial charge is 0.246 e. The quantitative estimate of drug-likeness (QED) is 0.789. The van der Waals surface area contributed by atoms with Gasteiger partial charge in [0, 0.05) is 17.9 Å². The summed E-state index contributed by atoms with van der Waals surface area (Å²) in [5, 5.41) is 14.4. The standard InChI is InChI=1S/C18H18N6O/c1-13-10-15(6-7-16(13)24-12-20-21-22-24)19-11-18(25)23-9-8-14-4-2-3-5-17(14)23/h2-7,10,12,19H,8-9,11H2,1H3. The topological polar surface area (TPSA) is 75.9 Å². The van der Waals surface area contributed by atoms with Crippen molar-refractivity contribution in [1.82, 2.24) is 20.2 Å².